The molecule has 1 aromatic heterocycles. The van der Waals surface area contributed by atoms with Crippen LogP contribution in [0.4, 0.5) is 0 Å². The van der Waals surface area contributed by atoms with Crippen LogP contribution in [-0.4, -0.2) is 11.3 Å². The average Bonchev–Trinajstić information content (AvgIpc) is 2.19. The van der Waals surface area contributed by atoms with E-state index in [4.69, 9.17) is 0 Å². The van der Waals surface area contributed by atoms with Gasteiger partial charge in [0.1, 0.15) is 5.69 Å². The zero-order valence-corrected chi connectivity index (χ0v) is 7.92. The lowest BCUT2D eigenvalue weighted by molar-refractivity contribution is 0.561. The van der Waals surface area contributed by atoms with Crippen LogP contribution in [0.1, 0.15) is 37.4 Å². The highest BCUT2D eigenvalue weighted by molar-refractivity contribution is 5.72. The molecule has 13 heavy (non-hydrogen) atoms. The van der Waals surface area contributed by atoms with Crippen LogP contribution in [0, 0.1) is 0 Å². The highest BCUT2D eigenvalue weighted by Crippen LogP contribution is 2.06. The molecular weight excluding hydrogens is 162 g/mol. The van der Waals surface area contributed by atoms with Gasteiger partial charge >= 0.3 is 0 Å². The number of aromatic nitrogens is 1. The van der Waals surface area contributed by atoms with Crippen LogP contribution in [0.15, 0.2) is 18.3 Å². The maximum atomic E-state index is 10.3. The minimum Gasteiger partial charge on any atom is -0.283 e. The van der Waals surface area contributed by atoms with Crippen LogP contribution in [0.25, 0.3) is 0 Å². The van der Waals surface area contributed by atoms with Crippen molar-refractivity contribution in [3.05, 3.63) is 29.6 Å². The summed E-state index contributed by atoms with van der Waals surface area (Å²) in [5, 5.41) is 0. The van der Waals surface area contributed by atoms with E-state index in [1.54, 1.807) is 12.5 Å². The van der Waals surface area contributed by atoms with Crippen molar-refractivity contribution in [2.75, 3.05) is 0 Å². The molecule has 0 saturated carbocycles. The molecule has 0 aliphatic rings. The molecule has 0 aliphatic carbocycles. The Morgan fingerprint density at radius 2 is 2.31 bits per heavy atom. The van der Waals surface area contributed by atoms with Crippen molar-refractivity contribution in [1.82, 2.24) is 4.98 Å². The fourth-order valence-corrected chi connectivity index (χ4v) is 1.26. The third-order valence-corrected chi connectivity index (χ3v) is 2.00. The summed E-state index contributed by atoms with van der Waals surface area (Å²) < 4.78 is 0. The van der Waals surface area contributed by atoms with Crippen LogP contribution in [-0.2, 0) is 11.2 Å². The number of unbranched alkanes of at least 4 members (excludes halogenated alkanes) is 2. The van der Waals surface area contributed by atoms with Crippen molar-refractivity contribution in [2.24, 2.45) is 0 Å². The number of rotatable bonds is 5. The number of nitrogens with zero attached hydrogens (tertiary/aromatic N) is 1. The van der Waals surface area contributed by atoms with Gasteiger partial charge in [-0.25, -0.2) is 0 Å². The summed E-state index contributed by atoms with van der Waals surface area (Å²) >= 11 is 0. The van der Waals surface area contributed by atoms with E-state index in [1.807, 2.05) is 12.1 Å². The summed E-state index contributed by atoms with van der Waals surface area (Å²) in [6, 6.07) is 3.76. The van der Waals surface area contributed by atoms with E-state index >= 15 is 0 Å². The van der Waals surface area contributed by atoms with Crippen LogP contribution < -0.4 is 0 Å². The first-order chi connectivity index (χ1) is 6.36. The number of aryl methyl sites for hydroxylation is 1. The molecule has 0 unspecified atom stereocenters. The van der Waals surface area contributed by atoms with Crippen LogP contribution >= 0.6 is 0 Å². The van der Waals surface area contributed by atoms with E-state index in [9.17, 15) is 4.79 Å². The fraction of sp³-hybridized carbons (Fsp3) is 0.455. The third kappa shape index (κ3) is 3.36. The first kappa shape index (κ1) is 9.90. The van der Waals surface area contributed by atoms with Gasteiger partial charge in [-0.05, 0) is 30.5 Å². The van der Waals surface area contributed by atoms with Gasteiger partial charge in [0.25, 0.3) is 6.29 Å². The van der Waals surface area contributed by atoms with Gasteiger partial charge < -0.3 is 0 Å². The number of carbonyl (C=O) groups excluding carboxylic acids is 1. The molecule has 69 valence electrons. The summed E-state index contributed by atoms with van der Waals surface area (Å²) in [4.78, 5) is 14.2. The second kappa shape index (κ2) is 5.46. The van der Waals surface area contributed by atoms with Crippen molar-refractivity contribution in [3.8, 4) is 0 Å². The van der Waals surface area contributed by atoms with E-state index in [2.05, 4.69) is 11.9 Å². The molecule has 1 aromatic rings. The minimum absolute atomic E-state index is 0.411. The summed E-state index contributed by atoms with van der Waals surface area (Å²) in [6.45, 7) is 2.18. The predicted octanol–water partition coefficient (Wildman–Crippen LogP) is 2.27. The van der Waals surface area contributed by atoms with Crippen molar-refractivity contribution in [2.45, 2.75) is 32.6 Å². The van der Waals surface area contributed by atoms with Gasteiger partial charge in [0, 0.05) is 6.20 Å². The van der Waals surface area contributed by atoms with Crippen molar-refractivity contribution >= 4 is 6.29 Å². The SMILES string of the molecule is CCCCCc1ccnc([C]=O)c1. The molecule has 1 radical (unpaired) electrons. The first-order valence-electron chi connectivity index (χ1n) is 4.70. The summed E-state index contributed by atoms with van der Waals surface area (Å²) in [6.07, 6.45) is 8.14. The Labute approximate surface area is 79.0 Å². The van der Waals surface area contributed by atoms with Crippen molar-refractivity contribution in [3.63, 3.8) is 0 Å². The zero-order valence-electron chi connectivity index (χ0n) is 7.92. The Morgan fingerprint density at radius 3 is 3.00 bits per heavy atom. The monoisotopic (exact) mass is 176 g/mol. The van der Waals surface area contributed by atoms with Crippen LogP contribution in [0.3, 0.4) is 0 Å². The molecular formula is C11H14NO. The standard InChI is InChI=1S/C11H14NO/c1-2-3-4-5-10-6-7-12-11(8-10)9-13/h6-8H,2-5H2,1H3. The normalized spacial score (nSPS) is 9.92. The van der Waals surface area contributed by atoms with Gasteiger partial charge in [0.15, 0.2) is 0 Å². The minimum atomic E-state index is 0.411. The predicted molar refractivity (Wildman–Crippen MR) is 52.3 cm³/mol. The molecule has 0 aliphatic heterocycles. The van der Waals surface area contributed by atoms with E-state index in [0.29, 0.717) is 5.69 Å². The van der Waals surface area contributed by atoms with Crippen LogP contribution in [0.5, 0.6) is 0 Å². The van der Waals surface area contributed by atoms with Crippen LogP contribution in [0.2, 0.25) is 0 Å². The topological polar surface area (TPSA) is 30.0 Å². The molecule has 2 heteroatoms. The van der Waals surface area contributed by atoms with Crippen molar-refractivity contribution in [1.29, 1.82) is 0 Å². The van der Waals surface area contributed by atoms with Crippen molar-refractivity contribution < 1.29 is 4.79 Å². The quantitative estimate of drug-likeness (QED) is 0.644. The third-order valence-electron chi connectivity index (χ3n) is 2.00. The lowest BCUT2D eigenvalue weighted by Crippen LogP contribution is -1.91. The smallest absolute Gasteiger partial charge is 0.253 e. The largest absolute Gasteiger partial charge is 0.283 e. The van der Waals surface area contributed by atoms with E-state index in [0.717, 1.165) is 6.42 Å². The number of pyridine rings is 1. The Morgan fingerprint density at radius 1 is 1.46 bits per heavy atom. The van der Waals surface area contributed by atoms with Gasteiger partial charge in [0.05, 0.1) is 0 Å². The summed E-state index contributed by atoms with van der Waals surface area (Å²) in [5.41, 5.74) is 1.59. The highest BCUT2D eigenvalue weighted by Gasteiger charge is 1.96. The molecule has 0 atom stereocenters. The lowest BCUT2D eigenvalue weighted by Gasteiger charge is -1.99. The molecule has 0 N–H and O–H groups in total. The Bertz CT molecular complexity index is 271. The molecule has 1 rings (SSSR count). The van der Waals surface area contributed by atoms with Gasteiger partial charge in [-0.3, -0.25) is 9.78 Å². The van der Waals surface area contributed by atoms with Gasteiger partial charge in [0.2, 0.25) is 0 Å². The molecule has 1 heterocycles. The highest BCUT2D eigenvalue weighted by atomic mass is 16.1. The molecule has 0 fully saturated rings. The van der Waals surface area contributed by atoms with E-state index < -0.39 is 0 Å². The second-order valence-corrected chi connectivity index (χ2v) is 3.11. The molecule has 0 amide bonds. The Kier molecular flexibility index (Phi) is 4.16. The number of hydrogen-bond donors (Lipinski definition) is 0. The average molecular weight is 176 g/mol. The zero-order chi connectivity index (χ0) is 9.52. The van der Waals surface area contributed by atoms with Gasteiger partial charge in [-0.2, -0.15) is 0 Å². The molecule has 2 nitrogen and oxygen atoms in total. The Balaban J connectivity index is 2.51. The molecule has 0 saturated heterocycles. The fourth-order valence-electron chi connectivity index (χ4n) is 1.26. The molecule has 0 spiro atoms. The van der Waals surface area contributed by atoms with E-state index in [1.165, 1.54) is 24.8 Å². The van der Waals surface area contributed by atoms with Gasteiger partial charge in [-0.15, -0.1) is 0 Å². The van der Waals surface area contributed by atoms with E-state index in [-0.39, 0.29) is 0 Å². The summed E-state index contributed by atoms with van der Waals surface area (Å²) in [5.74, 6) is 0. The summed E-state index contributed by atoms with van der Waals surface area (Å²) in [7, 11) is 0. The lowest BCUT2D eigenvalue weighted by atomic mass is 10.1. The van der Waals surface area contributed by atoms with Gasteiger partial charge in [-0.1, -0.05) is 19.8 Å². The maximum Gasteiger partial charge on any atom is 0.253 e. The number of hydrogen-bond acceptors (Lipinski definition) is 2. The second-order valence-electron chi connectivity index (χ2n) is 3.11. The molecule has 0 aromatic carbocycles. The first-order valence-corrected chi connectivity index (χ1v) is 4.70. The Hall–Kier alpha value is -1.18. The molecule has 0 bridgehead atoms. The maximum absolute atomic E-state index is 10.3.